The first-order chi connectivity index (χ1) is 9.68. The maximum atomic E-state index is 12.2. The van der Waals surface area contributed by atoms with Gasteiger partial charge in [0.25, 0.3) is 0 Å². The summed E-state index contributed by atoms with van der Waals surface area (Å²) in [7, 11) is 0. The first-order valence-electron chi connectivity index (χ1n) is 7.53. The van der Waals surface area contributed by atoms with Crippen molar-refractivity contribution in [3.05, 3.63) is 34.9 Å². The molecule has 0 aromatic heterocycles. The second-order valence-electron chi connectivity index (χ2n) is 6.02. The molecule has 2 amide bonds. The number of benzene rings is 1. The van der Waals surface area contributed by atoms with Gasteiger partial charge in [-0.05, 0) is 43.4 Å². The molecule has 0 heterocycles. The topological polar surface area (TPSA) is 41.1 Å². The van der Waals surface area contributed by atoms with Gasteiger partial charge in [-0.2, -0.15) is 0 Å². The van der Waals surface area contributed by atoms with Crippen molar-refractivity contribution in [2.45, 2.75) is 56.5 Å². The van der Waals surface area contributed by atoms with Crippen molar-refractivity contribution in [2.24, 2.45) is 0 Å². The Morgan fingerprint density at radius 2 is 1.75 bits per heavy atom. The van der Waals surface area contributed by atoms with Crippen LogP contribution in [0.25, 0.3) is 0 Å². The van der Waals surface area contributed by atoms with Gasteiger partial charge in [0, 0.05) is 11.1 Å². The van der Waals surface area contributed by atoms with Gasteiger partial charge in [0.15, 0.2) is 0 Å². The van der Waals surface area contributed by atoms with E-state index in [1.165, 1.54) is 19.3 Å². The van der Waals surface area contributed by atoms with Crippen molar-refractivity contribution in [3.8, 4) is 0 Å². The van der Waals surface area contributed by atoms with Crippen LogP contribution < -0.4 is 10.6 Å². The van der Waals surface area contributed by atoms with Crippen LogP contribution in [0.3, 0.4) is 0 Å². The third-order valence-electron chi connectivity index (χ3n) is 4.44. The molecule has 0 bridgehead atoms. The molecule has 2 saturated carbocycles. The van der Waals surface area contributed by atoms with E-state index in [9.17, 15) is 4.79 Å². The standard InChI is InChI=1S/C16H21ClN2O/c17-13-8-6-12(7-9-13)16(10-11-16)19-15(20)18-14-4-2-1-3-5-14/h6-9,14H,1-5,10-11H2,(H2,18,19,20). The zero-order valence-corrected chi connectivity index (χ0v) is 12.4. The maximum Gasteiger partial charge on any atom is 0.315 e. The Morgan fingerprint density at radius 3 is 2.35 bits per heavy atom. The van der Waals surface area contributed by atoms with Crippen LogP contribution >= 0.6 is 11.6 Å². The fourth-order valence-electron chi connectivity index (χ4n) is 3.07. The quantitative estimate of drug-likeness (QED) is 0.870. The zero-order chi connectivity index (χ0) is 14.0. The second-order valence-corrected chi connectivity index (χ2v) is 6.46. The summed E-state index contributed by atoms with van der Waals surface area (Å²) >= 11 is 5.92. The number of carbonyl (C=O) groups excluding carboxylic acids is 1. The number of rotatable bonds is 3. The van der Waals surface area contributed by atoms with Crippen LogP contribution in [0.4, 0.5) is 4.79 Å². The highest BCUT2D eigenvalue weighted by molar-refractivity contribution is 6.30. The van der Waals surface area contributed by atoms with Gasteiger partial charge in [0.1, 0.15) is 0 Å². The minimum atomic E-state index is -0.163. The summed E-state index contributed by atoms with van der Waals surface area (Å²) in [5, 5.41) is 7.01. The number of halogens is 1. The Balaban J connectivity index is 1.59. The number of amides is 2. The van der Waals surface area contributed by atoms with Gasteiger partial charge in [0.2, 0.25) is 0 Å². The molecule has 3 nitrogen and oxygen atoms in total. The van der Waals surface area contributed by atoms with E-state index in [4.69, 9.17) is 11.6 Å². The lowest BCUT2D eigenvalue weighted by Crippen LogP contribution is -2.46. The second kappa shape index (κ2) is 5.65. The highest BCUT2D eigenvalue weighted by atomic mass is 35.5. The molecule has 108 valence electrons. The van der Waals surface area contributed by atoms with Crippen LogP contribution in [-0.2, 0) is 5.54 Å². The van der Waals surface area contributed by atoms with E-state index in [2.05, 4.69) is 10.6 Å². The summed E-state index contributed by atoms with van der Waals surface area (Å²) in [6.45, 7) is 0. The maximum absolute atomic E-state index is 12.2. The van der Waals surface area contributed by atoms with Crippen molar-refractivity contribution in [2.75, 3.05) is 0 Å². The van der Waals surface area contributed by atoms with Gasteiger partial charge in [-0.25, -0.2) is 4.79 Å². The molecule has 2 fully saturated rings. The minimum Gasteiger partial charge on any atom is -0.335 e. The molecular weight excluding hydrogens is 272 g/mol. The summed E-state index contributed by atoms with van der Waals surface area (Å²) in [4.78, 5) is 12.2. The van der Waals surface area contributed by atoms with Gasteiger partial charge < -0.3 is 10.6 Å². The van der Waals surface area contributed by atoms with E-state index in [1.807, 2.05) is 24.3 Å². The molecule has 2 aliphatic rings. The number of urea groups is 1. The molecule has 0 atom stereocenters. The Labute approximate surface area is 125 Å². The van der Waals surface area contributed by atoms with Crippen molar-refractivity contribution >= 4 is 17.6 Å². The molecule has 0 radical (unpaired) electrons. The molecule has 20 heavy (non-hydrogen) atoms. The molecule has 3 rings (SSSR count). The summed E-state index contributed by atoms with van der Waals surface area (Å²) in [6, 6.07) is 8.12. The first-order valence-corrected chi connectivity index (χ1v) is 7.90. The Bertz CT molecular complexity index is 476. The fraction of sp³-hybridized carbons (Fsp3) is 0.562. The number of hydrogen-bond acceptors (Lipinski definition) is 1. The summed E-state index contributed by atoms with van der Waals surface area (Å²) in [6.07, 6.45) is 8.00. The van der Waals surface area contributed by atoms with E-state index in [0.717, 1.165) is 36.3 Å². The molecule has 0 spiro atoms. The minimum absolute atomic E-state index is 0.0237. The predicted octanol–water partition coefficient (Wildman–Crippen LogP) is 3.96. The molecule has 0 unspecified atom stereocenters. The number of carbonyl (C=O) groups is 1. The van der Waals surface area contributed by atoms with Crippen molar-refractivity contribution in [1.29, 1.82) is 0 Å². The van der Waals surface area contributed by atoms with Crippen molar-refractivity contribution < 1.29 is 4.79 Å². The van der Waals surface area contributed by atoms with Crippen LogP contribution in [0.15, 0.2) is 24.3 Å². The van der Waals surface area contributed by atoms with Crippen LogP contribution in [0.5, 0.6) is 0 Å². The average molecular weight is 293 g/mol. The molecule has 2 aliphatic carbocycles. The van der Waals surface area contributed by atoms with Crippen molar-refractivity contribution in [1.82, 2.24) is 10.6 Å². The normalized spacial score (nSPS) is 21.2. The third kappa shape index (κ3) is 3.09. The van der Waals surface area contributed by atoms with Gasteiger partial charge in [-0.1, -0.05) is 43.0 Å². The molecule has 1 aromatic rings. The highest BCUT2D eigenvalue weighted by Crippen LogP contribution is 2.45. The molecular formula is C16H21ClN2O. The first kappa shape index (κ1) is 13.7. The van der Waals surface area contributed by atoms with E-state index in [-0.39, 0.29) is 11.6 Å². The van der Waals surface area contributed by atoms with E-state index in [0.29, 0.717) is 6.04 Å². The van der Waals surface area contributed by atoms with Crippen molar-refractivity contribution in [3.63, 3.8) is 0 Å². The largest absolute Gasteiger partial charge is 0.335 e. The number of nitrogens with one attached hydrogen (secondary N) is 2. The van der Waals surface area contributed by atoms with Gasteiger partial charge in [0.05, 0.1) is 5.54 Å². The monoisotopic (exact) mass is 292 g/mol. The molecule has 4 heteroatoms. The van der Waals surface area contributed by atoms with E-state index in [1.54, 1.807) is 0 Å². The Morgan fingerprint density at radius 1 is 1.10 bits per heavy atom. The van der Waals surface area contributed by atoms with E-state index < -0.39 is 0 Å². The lowest BCUT2D eigenvalue weighted by molar-refractivity contribution is 0.227. The van der Waals surface area contributed by atoms with Crippen LogP contribution in [-0.4, -0.2) is 12.1 Å². The SMILES string of the molecule is O=C(NC1CCCCC1)NC1(c2ccc(Cl)cc2)CC1. The molecule has 1 aromatic carbocycles. The summed E-state index contributed by atoms with van der Waals surface area (Å²) in [5.74, 6) is 0. The predicted molar refractivity (Wildman–Crippen MR) is 80.9 cm³/mol. The third-order valence-corrected chi connectivity index (χ3v) is 4.69. The van der Waals surface area contributed by atoms with Gasteiger partial charge >= 0.3 is 6.03 Å². The van der Waals surface area contributed by atoms with Crippen LogP contribution in [0.1, 0.15) is 50.5 Å². The van der Waals surface area contributed by atoms with Gasteiger partial charge in [-0.3, -0.25) is 0 Å². The molecule has 2 N–H and O–H groups in total. The lowest BCUT2D eigenvalue weighted by Gasteiger charge is -2.25. The summed E-state index contributed by atoms with van der Waals surface area (Å²) in [5.41, 5.74) is 0.990. The van der Waals surface area contributed by atoms with Crippen LogP contribution in [0.2, 0.25) is 5.02 Å². The lowest BCUT2D eigenvalue weighted by atomic mass is 9.96. The average Bonchev–Trinajstić information content (AvgIpc) is 3.21. The Kier molecular flexibility index (Phi) is 3.88. The zero-order valence-electron chi connectivity index (χ0n) is 11.6. The van der Waals surface area contributed by atoms with E-state index >= 15 is 0 Å². The molecule has 0 aliphatic heterocycles. The summed E-state index contributed by atoms with van der Waals surface area (Å²) < 4.78 is 0. The van der Waals surface area contributed by atoms with Gasteiger partial charge in [-0.15, -0.1) is 0 Å². The highest BCUT2D eigenvalue weighted by Gasteiger charge is 2.45. The Hall–Kier alpha value is -1.22. The smallest absolute Gasteiger partial charge is 0.315 e. The number of hydrogen-bond donors (Lipinski definition) is 2. The fourth-order valence-corrected chi connectivity index (χ4v) is 3.19. The molecule has 0 saturated heterocycles. The van der Waals surface area contributed by atoms with Crippen LogP contribution in [0, 0.1) is 0 Å².